The molecule has 1 unspecified atom stereocenters. The maximum Gasteiger partial charge on any atom is 0.0366 e. The van der Waals surface area contributed by atoms with Gasteiger partial charge in [-0.05, 0) is 98.6 Å². The molecule has 0 aromatic heterocycles. The van der Waals surface area contributed by atoms with Gasteiger partial charge < -0.3 is 9.80 Å². The molecule has 0 saturated carbocycles. The van der Waals surface area contributed by atoms with Crippen molar-refractivity contribution in [2.75, 3.05) is 44.7 Å². The molecule has 4 aliphatic heterocycles. The van der Waals surface area contributed by atoms with Crippen LogP contribution in [0.25, 0.3) is 0 Å². The molecule has 1 aromatic rings. The van der Waals surface area contributed by atoms with Gasteiger partial charge in [-0.25, -0.2) is 0 Å². The van der Waals surface area contributed by atoms with Crippen molar-refractivity contribution in [2.45, 2.75) is 37.8 Å². The molecule has 4 aliphatic rings. The Morgan fingerprint density at radius 2 is 1.61 bits per heavy atom. The summed E-state index contributed by atoms with van der Waals surface area (Å²) in [5, 5.41) is 0. The standard InChI is InChI=1S/C19H28IN3/c1-21(19-14-22-10-6-15(19)7-11-22)17-8-12-23(13-9-17)18-4-2-16(20)3-5-18/h2-5,15,17,19H,6-14H2,1H3. The summed E-state index contributed by atoms with van der Waals surface area (Å²) >= 11 is 2.38. The largest absolute Gasteiger partial charge is 0.371 e. The number of hydrogen-bond donors (Lipinski definition) is 0. The zero-order valence-corrected chi connectivity index (χ0v) is 16.3. The van der Waals surface area contributed by atoms with Gasteiger partial charge in [0, 0.05) is 41.0 Å². The zero-order chi connectivity index (χ0) is 15.8. The Balaban J connectivity index is 1.35. The summed E-state index contributed by atoms with van der Waals surface area (Å²) in [6, 6.07) is 10.6. The van der Waals surface area contributed by atoms with Crippen LogP contribution in [0, 0.1) is 9.49 Å². The van der Waals surface area contributed by atoms with E-state index in [9.17, 15) is 0 Å². The van der Waals surface area contributed by atoms with Gasteiger partial charge in [-0.15, -0.1) is 0 Å². The molecule has 4 heteroatoms. The van der Waals surface area contributed by atoms with E-state index in [0.29, 0.717) is 0 Å². The minimum atomic E-state index is 0.778. The molecule has 1 atom stereocenters. The summed E-state index contributed by atoms with van der Waals surface area (Å²) in [6.07, 6.45) is 5.48. The molecule has 0 spiro atoms. The lowest BCUT2D eigenvalue weighted by molar-refractivity contribution is -0.00546. The van der Waals surface area contributed by atoms with Crippen molar-refractivity contribution >= 4 is 28.3 Å². The van der Waals surface area contributed by atoms with E-state index >= 15 is 0 Å². The number of hydrogen-bond acceptors (Lipinski definition) is 3. The predicted molar refractivity (Wildman–Crippen MR) is 105 cm³/mol. The third-order valence-corrected chi connectivity index (χ3v) is 7.10. The molecule has 126 valence electrons. The maximum atomic E-state index is 2.75. The quantitative estimate of drug-likeness (QED) is 0.689. The number of fused-ring (bicyclic) bond motifs is 3. The minimum absolute atomic E-state index is 0.778. The van der Waals surface area contributed by atoms with E-state index in [1.54, 1.807) is 0 Å². The van der Waals surface area contributed by atoms with E-state index < -0.39 is 0 Å². The van der Waals surface area contributed by atoms with Gasteiger partial charge in [0.05, 0.1) is 0 Å². The van der Waals surface area contributed by atoms with E-state index in [0.717, 1.165) is 18.0 Å². The van der Waals surface area contributed by atoms with Gasteiger partial charge in [-0.2, -0.15) is 0 Å². The van der Waals surface area contributed by atoms with E-state index in [4.69, 9.17) is 0 Å². The predicted octanol–water partition coefficient (Wildman–Crippen LogP) is 3.29. The van der Waals surface area contributed by atoms with Crippen molar-refractivity contribution in [1.82, 2.24) is 9.80 Å². The van der Waals surface area contributed by atoms with Crippen molar-refractivity contribution in [2.24, 2.45) is 5.92 Å². The van der Waals surface area contributed by atoms with Crippen LogP contribution >= 0.6 is 22.6 Å². The first-order chi connectivity index (χ1) is 11.2. The average Bonchev–Trinajstić information content (AvgIpc) is 2.63. The second kappa shape index (κ2) is 6.89. The fraction of sp³-hybridized carbons (Fsp3) is 0.684. The molecule has 0 N–H and O–H groups in total. The fourth-order valence-electron chi connectivity index (χ4n) is 4.85. The molecule has 4 fully saturated rings. The topological polar surface area (TPSA) is 9.72 Å². The van der Waals surface area contributed by atoms with Gasteiger partial charge in [-0.1, -0.05) is 0 Å². The van der Waals surface area contributed by atoms with Crippen molar-refractivity contribution in [3.8, 4) is 0 Å². The Morgan fingerprint density at radius 1 is 0.957 bits per heavy atom. The number of piperidine rings is 4. The summed E-state index contributed by atoms with van der Waals surface area (Å²) in [6.45, 7) is 6.42. The molecule has 5 rings (SSSR count). The van der Waals surface area contributed by atoms with E-state index in [1.807, 2.05) is 0 Å². The molecule has 23 heavy (non-hydrogen) atoms. The van der Waals surface area contributed by atoms with Crippen LogP contribution in [0.1, 0.15) is 25.7 Å². The molecule has 4 heterocycles. The van der Waals surface area contributed by atoms with Crippen molar-refractivity contribution in [3.63, 3.8) is 0 Å². The SMILES string of the molecule is CN(C1CCN(c2ccc(I)cc2)CC1)C1CN2CCC1CC2. The molecular formula is C19H28IN3. The lowest BCUT2D eigenvalue weighted by Gasteiger charge is -2.51. The molecule has 2 bridgehead atoms. The summed E-state index contributed by atoms with van der Waals surface area (Å²) in [7, 11) is 2.40. The van der Waals surface area contributed by atoms with Gasteiger partial charge in [0.2, 0.25) is 0 Å². The van der Waals surface area contributed by atoms with Crippen LogP contribution in [0.3, 0.4) is 0 Å². The molecule has 0 amide bonds. The zero-order valence-electron chi connectivity index (χ0n) is 14.1. The number of rotatable bonds is 3. The molecule has 4 saturated heterocycles. The van der Waals surface area contributed by atoms with Crippen LogP contribution < -0.4 is 4.90 Å². The van der Waals surface area contributed by atoms with Crippen LogP contribution in [0.4, 0.5) is 5.69 Å². The van der Waals surface area contributed by atoms with E-state index in [2.05, 4.69) is 68.6 Å². The summed E-state index contributed by atoms with van der Waals surface area (Å²) in [5.41, 5.74) is 1.40. The van der Waals surface area contributed by atoms with Crippen LogP contribution in [-0.4, -0.2) is 61.7 Å². The second-order valence-corrected chi connectivity index (χ2v) is 8.81. The molecule has 3 nitrogen and oxygen atoms in total. The number of nitrogens with zero attached hydrogens (tertiary/aromatic N) is 3. The Labute approximate surface area is 154 Å². The number of halogens is 1. The highest BCUT2D eigenvalue weighted by atomic mass is 127. The fourth-order valence-corrected chi connectivity index (χ4v) is 5.21. The van der Waals surface area contributed by atoms with E-state index in [1.165, 1.54) is 67.7 Å². The first kappa shape index (κ1) is 16.2. The van der Waals surface area contributed by atoms with Crippen molar-refractivity contribution in [1.29, 1.82) is 0 Å². The lowest BCUT2D eigenvalue weighted by atomic mass is 9.82. The summed E-state index contributed by atoms with van der Waals surface area (Å²) in [5.74, 6) is 0.958. The number of anilines is 1. The Bertz CT molecular complexity index is 516. The monoisotopic (exact) mass is 425 g/mol. The van der Waals surface area contributed by atoms with Crippen LogP contribution in [0.15, 0.2) is 24.3 Å². The van der Waals surface area contributed by atoms with Crippen LogP contribution in [0.5, 0.6) is 0 Å². The Morgan fingerprint density at radius 3 is 2.17 bits per heavy atom. The molecule has 1 aromatic carbocycles. The maximum absolute atomic E-state index is 2.75. The van der Waals surface area contributed by atoms with E-state index in [-0.39, 0.29) is 0 Å². The van der Waals surface area contributed by atoms with Gasteiger partial charge >= 0.3 is 0 Å². The van der Waals surface area contributed by atoms with Crippen LogP contribution in [-0.2, 0) is 0 Å². The van der Waals surface area contributed by atoms with Gasteiger partial charge in [-0.3, -0.25) is 4.90 Å². The summed E-state index contributed by atoms with van der Waals surface area (Å²) in [4.78, 5) is 8.00. The minimum Gasteiger partial charge on any atom is -0.371 e. The second-order valence-electron chi connectivity index (χ2n) is 7.57. The van der Waals surface area contributed by atoms with Crippen LogP contribution in [0.2, 0.25) is 0 Å². The molecule has 0 radical (unpaired) electrons. The normalized spacial score (nSPS) is 31.8. The van der Waals surface area contributed by atoms with Crippen molar-refractivity contribution < 1.29 is 0 Å². The first-order valence-corrected chi connectivity index (χ1v) is 10.2. The van der Waals surface area contributed by atoms with Crippen molar-refractivity contribution in [3.05, 3.63) is 27.8 Å². The first-order valence-electron chi connectivity index (χ1n) is 9.15. The average molecular weight is 425 g/mol. The number of benzene rings is 1. The smallest absolute Gasteiger partial charge is 0.0366 e. The van der Waals surface area contributed by atoms with Gasteiger partial charge in [0.1, 0.15) is 0 Å². The van der Waals surface area contributed by atoms with Gasteiger partial charge in [0.15, 0.2) is 0 Å². The summed E-state index contributed by atoms with van der Waals surface area (Å²) < 4.78 is 1.32. The molecular weight excluding hydrogens is 397 g/mol. The Hall–Kier alpha value is -0.330. The highest BCUT2D eigenvalue weighted by Crippen LogP contribution is 2.33. The highest BCUT2D eigenvalue weighted by molar-refractivity contribution is 14.1. The number of likely N-dealkylation sites (N-methyl/N-ethyl adjacent to an activating group) is 1. The molecule has 0 aliphatic carbocycles. The third kappa shape index (κ3) is 3.40. The van der Waals surface area contributed by atoms with Gasteiger partial charge in [0.25, 0.3) is 0 Å². The Kier molecular flexibility index (Phi) is 4.84. The third-order valence-electron chi connectivity index (χ3n) is 6.38. The lowest BCUT2D eigenvalue weighted by Crippen LogP contribution is -2.59. The highest BCUT2D eigenvalue weighted by Gasteiger charge is 2.38.